The van der Waals surface area contributed by atoms with E-state index in [0.717, 1.165) is 5.56 Å². The van der Waals surface area contributed by atoms with Crippen LogP contribution in [0.2, 0.25) is 0 Å². The van der Waals surface area contributed by atoms with Crippen molar-refractivity contribution >= 4 is 28.2 Å². The van der Waals surface area contributed by atoms with Crippen molar-refractivity contribution in [3.63, 3.8) is 0 Å². The van der Waals surface area contributed by atoms with Crippen LogP contribution < -0.4 is 0 Å². The Morgan fingerprint density at radius 3 is 2.64 bits per heavy atom. The summed E-state index contributed by atoms with van der Waals surface area (Å²) in [4.78, 5) is 22.0. The van der Waals surface area contributed by atoms with Gasteiger partial charge in [0.15, 0.2) is 6.29 Å². The molecule has 4 heteroatoms. The Balaban J connectivity index is 3.39. The smallest absolute Gasteiger partial charge is 0.338 e. The lowest BCUT2D eigenvalue weighted by molar-refractivity contribution is 0.0598. The maximum absolute atomic E-state index is 11.3. The Hall–Kier alpha value is -1.16. The van der Waals surface area contributed by atoms with E-state index in [0.29, 0.717) is 16.3 Å². The van der Waals surface area contributed by atoms with Crippen LogP contribution in [0.4, 0.5) is 0 Å². The predicted octanol–water partition coefficient (Wildman–Crippen LogP) is 2.36. The third-order valence-electron chi connectivity index (χ3n) is 1.80. The van der Waals surface area contributed by atoms with Crippen molar-refractivity contribution in [1.82, 2.24) is 0 Å². The minimum atomic E-state index is -0.503. The minimum Gasteiger partial charge on any atom is -0.465 e. The number of hydrogen-bond donors (Lipinski definition) is 0. The van der Waals surface area contributed by atoms with Crippen LogP contribution in [0, 0.1) is 6.92 Å². The summed E-state index contributed by atoms with van der Waals surface area (Å²) in [6, 6.07) is 3.40. The fraction of sp³-hybridized carbons (Fsp3) is 0.200. The molecule has 0 saturated heterocycles. The van der Waals surface area contributed by atoms with Gasteiger partial charge in [-0.15, -0.1) is 0 Å². The van der Waals surface area contributed by atoms with Gasteiger partial charge in [-0.1, -0.05) is 15.9 Å². The molecular weight excluding hydrogens is 248 g/mol. The summed E-state index contributed by atoms with van der Waals surface area (Å²) >= 11 is 3.22. The molecule has 0 atom stereocenters. The Morgan fingerprint density at radius 1 is 1.50 bits per heavy atom. The van der Waals surface area contributed by atoms with E-state index in [2.05, 4.69) is 20.7 Å². The maximum Gasteiger partial charge on any atom is 0.338 e. The van der Waals surface area contributed by atoms with Crippen LogP contribution in [-0.4, -0.2) is 19.4 Å². The van der Waals surface area contributed by atoms with Gasteiger partial charge in [0.25, 0.3) is 0 Å². The maximum atomic E-state index is 11.3. The number of esters is 1. The summed E-state index contributed by atoms with van der Waals surface area (Å²) < 4.78 is 5.17. The van der Waals surface area contributed by atoms with E-state index in [9.17, 15) is 9.59 Å². The number of halogens is 1. The Labute approximate surface area is 90.2 Å². The van der Waals surface area contributed by atoms with Crippen molar-refractivity contribution in [2.75, 3.05) is 7.11 Å². The summed E-state index contributed by atoms with van der Waals surface area (Å²) in [5.41, 5.74) is 1.50. The van der Waals surface area contributed by atoms with Crippen molar-refractivity contribution in [3.05, 3.63) is 33.3 Å². The highest BCUT2D eigenvalue weighted by Crippen LogP contribution is 2.21. The molecule has 0 bridgehead atoms. The van der Waals surface area contributed by atoms with Crippen LogP contribution in [0.1, 0.15) is 26.3 Å². The molecule has 0 aliphatic heterocycles. The average Bonchev–Trinajstić information content (AvgIpc) is 2.15. The first-order valence-electron chi connectivity index (χ1n) is 3.93. The van der Waals surface area contributed by atoms with Crippen LogP contribution in [0.5, 0.6) is 0 Å². The third-order valence-corrected chi connectivity index (χ3v) is 2.45. The van der Waals surface area contributed by atoms with Crippen LogP contribution in [0.15, 0.2) is 16.6 Å². The van der Waals surface area contributed by atoms with Crippen LogP contribution in [0.3, 0.4) is 0 Å². The van der Waals surface area contributed by atoms with Gasteiger partial charge in [-0.25, -0.2) is 4.79 Å². The second kappa shape index (κ2) is 4.37. The molecule has 0 unspecified atom stereocenters. The van der Waals surface area contributed by atoms with Crippen molar-refractivity contribution in [2.45, 2.75) is 6.92 Å². The Bertz CT molecular complexity index is 385. The fourth-order valence-corrected chi connectivity index (χ4v) is 1.82. The number of aryl methyl sites for hydroxylation is 1. The van der Waals surface area contributed by atoms with E-state index in [1.807, 2.05) is 6.92 Å². The first-order chi connectivity index (χ1) is 6.60. The number of benzene rings is 1. The molecule has 0 N–H and O–H groups in total. The molecule has 1 rings (SSSR count). The lowest BCUT2D eigenvalue weighted by atomic mass is 10.1. The average molecular weight is 257 g/mol. The molecule has 0 aliphatic rings. The van der Waals surface area contributed by atoms with Crippen LogP contribution in [0.25, 0.3) is 0 Å². The molecule has 14 heavy (non-hydrogen) atoms. The van der Waals surface area contributed by atoms with E-state index in [1.54, 1.807) is 12.1 Å². The van der Waals surface area contributed by atoms with Gasteiger partial charge >= 0.3 is 5.97 Å². The molecule has 1 aromatic rings. The van der Waals surface area contributed by atoms with Crippen molar-refractivity contribution < 1.29 is 14.3 Å². The van der Waals surface area contributed by atoms with Gasteiger partial charge in [0.2, 0.25) is 0 Å². The Kier molecular flexibility index (Phi) is 3.41. The first kappa shape index (κ1) is 10.9. The van der Waals surface area contributed by atoms with Crippen molar-refractivity contribution in [2.24, 2.45) is 0 Å². The second-order valence-corrected chi connectivity index (χ2v) is 3.67. The quantitative estimate of drug-likeness (QED) is 0.603. The van der Waals surface area contributed by atoms with Gasteiger partial charge in [-0.2, -0.15) is 0 Å². The van der Waals surface area contributed by atoms with E-state index in [4.69, 9.17) is 0 Å². The zero-order valence-corrected chi connectivity index (χ0v) is 9.42. The number of rotatable bonds is 2. The van der Waals surface area contributed by atoms with Gasteiger partial charge in [0, 0.05) is 10.0 Å². The molecule has 0 aromatic heterocycles. The SMILES string of the molecule is COC(=O)c1cc(C)cc(Br)c1C=O. The third kappa shape index (κ3) is 2.01. The van der Waals surface area contributed by atoms with E-state index < -0.39 is 5.97 Å². The number of ether oxygens (including phenoxy) is 1. The van der Waals surface area contributed by atoms with Crippen molar-refractivity contribution in [3.8, 4) is 0 Å². The highest BCUT2D eigenvalue weighted by molar-refractivity contribution is 9.10. The molecule has 0 saturated carbocycles. The number of methoxy groups -OCH3 is 1. The van der Waals surface area contributed by atoms with Gasteiger partial charge < -0.3 is 4.74 Å². The molecular formula is C10H9BrO3. The molecule has 0 aliphatic carbocycles. The predicted molar refractivity (Wildman–Crippen MR) is 55.6 cm³/mol. The zero-order valence-electron chi connectivity index (χ0n) is 7.83. The van der Waals surface area contributed by atoms with Crippen molar-refractivity contribution in [1.29, 1.82) is 0 Å². The summed E-state index contributed by atoms with van der Waals surface area (Å²) in [5.74, 6) is -0.503. The normalized spacial score (nSPS) is 9.64. The molecule has 3 nitrogen and oxygen atoms in total. The summed E-state index contributed by atoms with van der Waals surface area (Å²) in [7, 11) is 1.28. The van der Waals surface area contributed by atoms with Crippen LogP contribution in [-0.2, 0) is 4.74 Å². The van der Waals surface area contributed by atoms with E-state index in [1.165, 1.54) is 7.11 Å². The number of carbonyl (C=O) groups is 2. The monoisotopic (exact) mass is 256 g/mol. The summed E-state index contributed by atoms with van der Waals surface area (Å²) in [6.45, 7) is 1.84. The number of carbonyl (C=O) groups excluding carboxylic acids is 2. The molecule has 0 heterocycles. The minimum absolute atomic E-state index is 0.286. The van der Waals surface area contributed by atoms with Gasteiger partial charge in [-0.3, -0.25) is 4.79 Å². The van der Waals surface area contributed by atoms with Gasteiger partial charge in [0.05, 0.1) is 12.7 Å². The number of hydrogen-bond acceptors (Lipinski definition) is 3. The summed E-state index contributed by atoms with van der Waals surface area (Å²) in [6.07, 6.45) is 0.635. The van der Waals surface area contributed by atoms with Gasteiger partial charge in [-0.05, 0) is 24.6 Å². The zero-order chi connectivity index (χ0) is 10.7. The molecule has 0 spiro atoms. The highest BCUT2D eigenvalue weighted by Gasteiger charge is 2.14. The second-order valence-electron chi connectivity index (χ2n) is 2.82. The van der Waals surface area contributed by atoms with E-state index in [-0.39, 0.29) is 5.56 Å². The Morgan fingerprint density at radius 2 is 2.14 bits per heavy atom. The largest absolute Gasteiger partial charge is 0.465 e. The van der Waals surface area contributed by atoms with E-state index >= 15 is 0 Å². The molecule has 1 aromatic carbocycles. The lowest BCUT2D eigenvalue weighted by Gasteiger charge is -2.06. The van der Waals surface area contributed by atoms with Gasteiger partial charge in [0.1, 0.15) is 0 Å². The molecule has 0 amide bonds. The molecule has 0 radical (unpaired) electrons. The lowest BCUT2D eigenvalue weighted by Crippen LogP contribution is -2.06. The summed E-state index contributed by atoms with van der Waals surface area (Å²) in [5, 5.41) is 0. The fourth-order valence-electron chi connectivity index (χ4n) is 1.15. The van der Waals surface area contributed by atoms with Crippen LogP contribution >= 0.6 is 15.9 Å². The molecule has 0 fully saturated rings. The molecule has 74 valence electrons. The number of aldehydes is 1. The first-order valence-corrected chi connectivity index (χ1v) is 4.73. The topological polar surface area (TPSA) is 43.4 Å². The standard InChI is InChI=1S/C10H9BrO3/c1-6-3-7(10(13)14-2)8(5-12)9(11)4-6/h3-5H,1-2H3. The highest BCUT2D eigenvalue weighted by atomic mass is 79.9.